The Balaban J connectivity index is 1.36. The highest BCUT2D eigenvalue weighted by Gasteiger charge is 2.24. The number of carbonyl (C=O) groups excluding carboxylic acids is 1. The molecule has 1 atom stereocenters. The number of benzene rings is 3. The van der Waals surface area contributed by atoms with Crippen molar-refractivity contribution < 1.29 is 13.6 Å². The summed E-state index contributed by atoms with van der Waals surface area (Å²) in [6, 6.07) is 16.5. The molecule has 0 bridgehead atoms. The van der Waals surface area contributed by atoms with E-state index in [4.69, 9.17) is 0 Å². The first-order chi connectivity index (χ1) is 13.1. The predicted molar refractivity (Wildman–Crippen MR) is 101 cm³/mol. The van der Waals surface area contributed by atoms with Crippen LogP contribution in [0.25, 0.3) is 10.8 Å². The van der Waals surface area contributed by atoms with E-state index in [2.05, 4.69) is 16.3 Å². The van der Waals surface area contributed by atoms with Crippen LogP contribution in [0.1, 0.15) is 22.3 Å². The van der Waals surface area contributed by atoms with Gasteiger partial charge < -0.3 is 5.32 Å². The number of hydrogen-bond acceptors (Lipinski definition) is 2. The number of nitrogens with one attached hydrogen (secondary N) is 1. The Labute approximate surface area is 156 Å². The van der Waals surface area contributed by atoms with Crippen molar-refractivity contribution in [2.24, 2.45) is 0 Å². The van der Waals surface area contributed by atoms with E-state index < -0.39 is 0 Å². The van der Waals surface area contributed by atoms with Gasteiger partial charge in [0.1, 0.15) is 11.6 Å². The first-order valence-electron chi connectivity index (χ1n) is 9.04. The van der Waals surface area contributed by atoms with Gasteiger partial charge in [-0.2, -0.15) is 0 Å². The fourth-order valence-electron chi connectivity index (χ4n) is 3.59. The van der Waals surface area contributed by atoms with Crippen molar-refractivity contribution in [2.75, 3.05) is 13.1 Å². The minimum atomic E-state index is -0.350. The molecule has 0 aliphatic carbocycles. The SMILES string of the molecule is O=C(N[C@@H]1CCN(Cc2ccc3cc(F)ccc3c2)C1)c1ccc(F)cc1. The second-order valence-corrected chi connectivity index (χ2v) is 7.03. The number of fused-ring (bicyclic) bond motifs is 1. The van der Waals surface area contributed by atoms with E-state index in [0.717, 1.165) is 36.8 Å². The molecule has 3 nitrogen and oxygen atoms in total. The Morgan fingerprint density at radius 3 is 2.48 bits per heavy atom. The lowest BCUT2D eigenvalue weighted by molar-refractivity contribution is 0.0937. The van der Waals surface area contributed by atoms with Crippen LogP contribution in [0, 0.1) is 11.6 Å². The van der Waals surface area contributed by atoms with E-state index in [0.29, 0.717) is 5.56 Å². The van der Waals surface area contributed by atoms with Crippen molar-refractivity contribution >= 4 is 16.7 Å². The molecule has 0 aromatic heterocycles. The number of amides is 1. The molecule has 0 radical (unpaired) electrons. The molecule has 5 heteroatoms. The third-order valence-electron chi connectivity index (χ3n) is 4.99. The summed E-state index contributed by atoms with van der Waals surface area (Å²) >= 11 is 0. The van der Waals surface area contributed by atoms with Crippen LogP contribution in [0.15, 0.2) is 60.7 Å². The molecule has 138 valence electrons. The minimum Gasteiger partial charge on any atom is -0.348 e. The van der Waals surface area contributed by atoms with E-state index in [9.17, 15) is 13.6 Å². The summed E-state index contributed by atoms with van der Waals surface area (Å²) in [5, 5.41) is 4.94. The molecular weight excluding hydrogens is 346 g/mol. The maximum Gasteiger partial charge on any atom is 0.251 e. The van der Waals surface area contributed by atoms with Crippen molar-refractivity contribution in [3.8, 4) is 0 Å². The molecule has 1 aliphatic rings. The average Bonchev–Trinajstić information content (AvgIpc) is 3.09. The highest BCUT2D eigenvalue weighted by molar-refractivity contribution is 5.94. The smallest absolute Gasteiger partial charge is 0.251 e. The third-order valence-corrected chi connectivity index (χ3v) is 4.99. The van der Waals surface area contributed by atoms with Crippen LogP contribution in [-0.4, -0.2) is 29.9 Å². The van der Waals surface area contributed by atoms with Gasteiger partial charge in [0.25, 0.3) is 5.91 Å². The molecule has 1 aliphatic heterocycles. The van der Waals surface area contributed by atoms with Gasteiger partial charge in [0.05, 0.1) is 0 Å². The molecule has 3 aromatic rings. The van der Waals surface area contributed by atoms with Gasteiger partial charge in [-0.3, -0.25) is 9.69 Å². The van der Waals surface area contributed by atoms with Gasteiger partial charge in [-0.25, -0.2) is 8.78 Å². The van der Waals surface area contributed by atoms with E-state index in [1.165, 1.54) is 42.0 Å². The maximum absolute atomic E-state index is 13.3. The zero-order chi connectivity index (χ0) is 18.8. The molecule has 1 amide bonds. The standard InChI is InChI=1S/C22H20F2N2O/c23-19-6-3-16(4-7-19)22(27)25-21-9-10-26(14-21)13-15-1-2-18-12-20(24)8-5-17(18)11-15/h1-8,11-12,21H,9-10,13-14H2,(H,25,27)/t21-/m1/s1. The Morgan fingerprint density at radius 1 is 0.963 bits per heavy atom. The van der Waals surface area contributed by atoms with Crippen molar-refractivity contribution in [1.29, 1.82) is 0 Å². The van der Waals surface area contributed by atoms with Gasteiger partial charge in [0.2, 0.25) is 0 Å². The lowest BCUT2D eigenvalue weighted by atomic mass is 10.1. The van der Waals surface area contributed by atoms with E-state index in [1.807, 2.05) is 12.1 Å². The van der Waals surface area contributed by atoms with Crippen molar-refractivity contribution in [1.82, 2.24) is 10.2 Å². The van der Waals surface area contributed by atoms with Crippen LogP contribution in [0.5, 0.6) is 0 Å². The minimum absolute atomic E-state index is 0.0807. The van der Waals surface area contributed by atoms with Crippen LogP contribution in [-0.2, 0) is 6.54 Å². The second-order valence-electron chi connectivity index (χ2n) is 7.03. The van der Waals surface area contributed by atoms with Crippen LogP contribution >= 0.6 is 0 Å². The fraction of sp³-hybridized carbons (Fsp3) is 0.227. The van der Waals surface area contributed by atoms with Gasteiger partial charge in [0, 0.05) is 31.2 Å². The largest absolute Gasteiger partial charge is 0.348 e. The normalized spacial score (nSPS) is 17.3. The van der Waals surface area contributed by atoms with Gasteiger partial charge in [0.15, 0.2) is 0 Å². The number of rotatable bonds is 4. The van der Waals surface area contributed by atoms with Crippen molar-refractivity contribution in [3.05, 3.63) is 83.4 Å². The monoisotopic (exact) mass is 366 g/mol. The summed E-state index contributed by atoms with van der Waals surface area (Å²) in [4.78, 5) is 14.6. The van der Waals surface area contributed by atoms with Crippen LogP contribution < -0.4 is 5.32 Å². The van der Waals surface area contributed by atoms with Crippen molar-refractivity contribution in [3.63, 3.8) is 0 Å². The van der Waals surface area contributed by atoms with E-state index in [-0.39, 0.29) is 23.6 Å². The van der Waals surface area contributed by atoms with E-state index >= 15 is 0 Å². The summed E-state index contributed by atoms with van der Waals surface area (Å²) < 4.78 is 26.3. The van der Waals surface area contributed by atoms with Crippen molar-refractivity contribution in [2.45, 2.75) is 19.0 Å². The zero-order valence-corrected chi connectivity index (χ0v) is 14.8. The summed E-state index contributed by atoms with van der Waals surface area (Å²) in [6.45, 7) is 2.46. The zero-order valence-electron chi connectivity index (χ0n) is 14.8. The first kappa shape index (κ1) is 17.6. The van der Waals surface area contributed by atoms with Gasteiger partial charge in [-0.1, -0.05) is 18.2 Å². The lowest BCUT2D eigenvalue weighted by Gasteiger charge is -2.17. The molecule has 0 saturated carbocycles. The summed E-state index contributed by atoms with van der Waals surface area (Å²) in [7, 11) is 0. The number of carbonyl (C=O) groups is 1. The second kappa shape index (κ2) is 7.45. The highest BCUT2D eigenvalue weighted by atomic mass is 19.1. The number of nitrogens with zero attached hydrogens (tertiary/aromatic N) is 1. The Bertz CT molecular complexity index is 972. The number of hydrogen-bond donors (Lipinski definition) is 1. The molecule has 1 heterocycles. The van der Waals surface area contributed by atoms with Crippen LogP contribution in [0.2, 0.25) is 0 Å². The van der Waals surface area contributed by atoms with Gasteiger partial charge in [-0.15, -0.1) is 0 Å². The quantitative estimate of drug-likeness (QED) is 0.753. The number of halogens is 2. The number of likely N-dealkylation sites (tertiary alicyclic amines) is 1. The Hall–Kier alpha value is -2.79. The molecule has 3 aromatic carbocycles. The molecule has 4 rings (SSSR count). The molecule has 1 N–H and O–H groups in total. The lowest BCUT2D eigenvalue weighted by Crippen LogP contribution is -2.36. The first-order valence-corrected chi connectivity index (χ1v) is 9.04. The highest BCUT2D eigenvalue weighted by Crippen LogP contribution is 2.20. The molecule has 27 heavy (non-hydrogen) atoms. The Morgan fingerprint density at radius 2 is 1.67 bits per heavy atom. The van der Waals surface area contributed by atoms with E-state index in [1.54, 1.807) is 6.07 Å². The fourth-order valence-corrected chi connectivity index (χ4v) is 3.59. The van der Waals surface area contributed by atoms with Crippen LogP contribution in [0.3, 0.4) is 0 Å². The summed E-state index contributed by atoms with van der Waals surface area (Å²) in [6.07, 6.45) is 0.881. The molecule has 0 unspecified atom stereocenters. The third kappa shape index (κ3) is 4.14. The maximum atomic E-state index is 13.3. The average molecular weight is 366 g/mol. The van der Waals surface area contributed by atoms with Gasteiger partial charge in [-0.05, 0) is 65.2 Å². The predicted octanol–water partition coefficient (Wildman–Crippen LogP) is 4.12. The van der Waals surface area contributed by atoms with Gasteiger partial charge >= 0.3 is 0 Å². The molecular formula is C22H20F2N2O. The molecule has 1 saturated heterocycles. The molecule has 1 fully saturated rings. The van der Waals surface area contributed by atoms with Crippen LogP contribution in [0.4, 0.5) is 8.78 Å². The summed E-state index contributed by atoms with van der Waals surface area (Å²) in [5.74, 6) is -0.749. The Kier molecular flexibility index (Phi) is 4.86. The topological polar surface area (TPSA) is 32.3 Å². The molecule has 0 spiro atoms. The summed E-state index contributed by atoms with van der Waals surface area (Å²) in [5.41, 5.74) is 1.64.